The number of carbonyl (C=O) groups excluding carboxylic acids is 1. The zero-order valence-electron chi connectivity index (χ0n) is 26.2. The zero-order chi connectivity index (χ0) is 36.2. The summed E-state index contributed by atoms with van der Waals surface area (Å²) in [5.74, 6) is -3.88. The first-order chi connectivity index (χ1) is 23.3. The van der Waals surface area contributed by atoms with Gasteiger partial charge in [-0.2, -0.15) is 0 Å². The molecule has 0 aliphatic carbocycles. The maximum atomic E-state index is 12.9. The summed E-state index contributed by atoms with van der Waals surface area (Å²) in [6.07, 6.45) is -21.1. The fourth-order valence-electron chi connectivity index (χ4n) is 5.60. The molecule has 49 heavy (non-hydrogen) atoms. The van der Waals surface area contributed by atoms with Crippen LogP contribution >= 0.6 is 0 Å². The Morgan fingerprint density at radius 1 is 0.776 bits per heavy atom. The van der Waals surface area contributed by atoms with E-state index in [4.69, 9.17) is 37.9 Å². The fraction of sp³-hybridized carbons (Fsp3) is 0.690. The van der Waals surface area contributed by atoms with Gasteiger partial charge in [-0.15, -0.1) is 0 Å². The number of ether oxygens (including phenoxy) is 8. The minimum atomic E-state index is -2.53. The van der Waals surface area contributed by atoms with E-state index in [1.807, 2.05) is 0 Å². The van der Waals surface area contributed by atoms with Crippen molar-refractivity contribution in [3.63, 3.8) is 0 Å². The van der Waals surface area contributed by atoms with E-state index in [2.05, 4.69) is 0 Å². The molecule has 3 saturated heterocycles. The van der Waals surface area contributed by atoms with Gasteiger partial charge in [-0.3, -0.25) is 0 Å². The van der Waals surface area contributed by atoms with Gasteiger partial charge in [-0.05, 0) is 23.8 Å². The normalized spacial score (nSPS) is 39.6. The van der Waals surface area contributed by atoms with Crippen molar-refractivity contribution in [1.82, 2.24) is 0 Å². The highest BCUT2D eigenvalue weighted by Gasteiger charge is 2.61. The molecule has 0 aromatic heterocycles. The van der Waals surface area contributed by atoms with Crippen LogP contribution in [0, 0.1) is 0 Å². The first kappa shape index (κ1) is 39.0. The van der Waals surface area contributed by atoms with Gasteiger partial charge in [0.25, 0.3) is 0 Å². The van der Waals surface area contributed by atoms with Crippen LogP contribution < -0.4 is 9.47 Å². The molecule has 1 aromatic rings. The second-order valence-corrected chi connectivity index (χ2v) is 11.4. The lowest BCUT2D eigenvalue weighted by Gasteiger charge is -2.47. The number of rotatable bonds is 13. The largest absolute Gasteiger partial charge is 0.502 e. The van der Waals surface area contributed by atoms with E-state index in [-0.39, 0.29) is 17.2 Å². The van der Waals surface area contributed by atoms with Crippen LogP contribution in [0.1, 0.15) is 5.56 Å². The van der Waals surface area contributed by atoms with Gasteiger partial charge in [-0.25, -0.2) is 4.79 Å². The maximum Gasteiger partial charge on any atom is 0.331 e. The molecule has 1 aromatic carbocycles. The van der Waals surface area contributed by atoms with Crippen molar-refractivity contribution in [2.75, 3.05) is 40.6 Å². The van der Waals surface area contributed by atoms with Gasteiger partial charge in [0.05, 0.1) is 34.0 Å². The number of aliphatic hydroxyl groups is 10. The van der Waals surface area contributed by atoms with E-state index in [0.29, 0.717) is 5.56 Å². The van der Waals surface area contributed by atoms with E-state index in [9.17, 15) is 61.0 Å². The average Bonchev–Trinajstić information content (AvgIpc) is 3.36. The van der Waals surface area contributed by atoms with Crippen molar-refractivity contribution < 1.29 is 98.9 Å². The Labute approximate surface area is 278 Å². The molecule has 278 valence electrons. The summed E-state index contributed by atoms with van der Waals surface area (Å²) < 4.78 is 43.1. The Hall–Kier alpha value is -2.77. The summed E-state index contributed by atoms with van der Waals surface area (Å²) in [6.45, 7) is -3.74. The molecule has 0 radical (unpaired) electrons. The van der Waals surface area contributed by atoms with Crippen LogP contribution in [-0.2, 0) is 33.2 Å². The topological polar surface area (TPSA) is 313 Å². The van der Waals surface area contributed by atoms with Crippen LogP contribution in [0.3, 0.4) is 0 Å². The molecule has 0 saturated carbocycles. The first-order valence-electron chi connectivity index (χ1n) is 15.0. The number of phenolic OH excluding ortho intramolecular Hbond substituents is 1. The number of methoxy groups -OCH3 is 2. The lowest BCUT2D eigenvalue weighted by atomic mass is 9.96. The molecule has 11 N–H and O–H groups in total. The molecule has 3 aliphatic heterocycles. The molecule has 0 bridgehead atoms. The predicted molar refractivity (Wildman–Crippen MR) is 155 cm³/mol. The number of hydrogen-bond acceptors (Lipinski definition) is 20. The van der Waals surface area contributed by atoms with Crippen LogP contribution in [0.5, 0.6) is 17.2 Å². The van der Waals surface area contributed by atoms with Crippen molar-refractivity contribution in [3.8, 4) is 17.2 Å². The molecule has 20 heteroatoms. The van der Waals surface area contributed by atoms with E-state index in [1.54, 1.807) is 0 Å². The van der Waals surface area contributed by atoms with E-state index < -0.39 is 118 Å². The molecule has 3 fully saturated rings. The molecule has 20 nitrogen and oxygen atoms in total. The van der Waals surface area contributed by atoms with Crippen molar-refractivity contribution in [2.45, 2.75) is 85.5 Å². The minimum Gasteiger partial charge on any atom is -0.502 e. The Morgan fingerprint density at radius 2 is 1.35 bits per heavy atom. The zero-order valence-corrected chi connectivity index (χ0v) is 26.2. The molecule has 0 unspecified atom stereocenters. The number of aromatic hydroxyl groups is 1. The Balaban J connectivity index is 1.52. The molecule has 0 amide bonds. The predicted octanol–water partition coefficient (Wildman–Crippen LogP) is -5.58. The van der Waals surface area contributed by atoms with Crippen molar-refractivity contribution in [3.05, 3.63) is 23.8 Å². The molecule has 0 spiro atoms. The minimum absolute atomic E-state index is 0.0284. The van der Waals surface area contributed by atoms with Gasteiger partial charge in [0, 0.05) is 6.08 Å². The average molecular weight is 711 g/mol. The highest BCUT2D eigenvalue weighted by Crippen LogP contribution is 2.40. The van der Waals surface area contributed by atoms with E-state index >= 15 is 0 Å². The third-order valence-electron chi connectivity index (χ3n) is 8.31. The first-order valence-corrected chi connectivity index (χ1v) is 15.0. The van der Waals surface area contributed by atoms with Gasteiger partial charge in [-0.1, -0.05) is 0 Å². The quantitative estimate of drug-likeness (QED) is 0.0671. The van der Waals surface area contributed by atoms with Crippen molar-refractivity contribution in [1.29, 1.82) is 0 Å². The highest BCUT2D eigenvalue weighted by atomic mass is 16.8. The molecule has 3 aliphatic rings. The summed E-state index contributed by atoms with van der Waals surface area (Å²) >= 11 is 0. The van der Waals surface area contributed by atoms with Crippen molar-refractivity contribution >= 4 is 12.0 Å². The Bertz CT molecular complexity index is 1250. The maximum absolute atomic E-state index is 12.9. The van der Waals surface area contributed by atoms with Crippen LogP contribution in [-0.4, -0.2) is 188 Å². The number of aliphatic hydroxyl groups excluding tert-OH is 10. The van der Waals surface area contributed by atoms with Gasteiger partial charge in [0.15, 0.2) is 30.2 Å². The third kappa shape index (κ3) is 7.93. The number of esters is 1. The van der Waals surface area contributed by atoms with Crippen molar-refractivity contribution in [2.24, 2.45) is 0 Å². The highest BCUT2D eigenvalue weighted by molar-refractivity contribution is 5.87. The second kappa shape index (κ2) is 16.5. The van der Waals surface area contributed by atoms with E-state index in [1.165, 1.54) is 32.4 Å². The monoisotopic (exact) mass is 710 g/mol. The molecule has 14 atom stereocenters. The Kier molecular flexibility index (Phi) is 13.1. The summed E-state index contributed by atoms with van der Waals surface area (Å²) in [5, 5.41) is 113. The molecular formula is C29H42O20. The summed E-state index contributed by atoms with van der Waals surface area (Å²) in [4.78, 5) is 12.9. The lowest BCUT2D eigenvalue weighted by molar-refractivity contribution is -0.398. The smallest absolute Gasteiger partial charge is 0.331 e. The number of carbonyl (C=O) groups is 1. The summed E-state index contributed by atoms with van der Waals surface area (Å²) in [7, 11) is 2.59. The molecule has 4 rings (SSSR count). The van der Waals surface area contributed by atoms with E-state index in [0.717, 1.165) is 6.08 Å². The molecular weight excluding hydrogens is 668 g/mol. The van der Waals surface area contributed by atoms with Crippen LogP contribution in [0.25, 0.3) is 6.08 Å². The third-order valence-corrected chi connectivity index (χ3v) is 8.31. The SMILES string of the molecule is COc1cc(C=CC(=O)O[C@H]2[C@H](O)[C@@H](CO)O[C@@]2(CO)O[C@H]2O[C@H](CO)[C@@H](O[C@@H]3O[C@H](CO)[C@@H](O)[C@H](O)[C@H]3O)[C@H](O)[C@H]2O)cc(OC)c1O. The van der Waals surface area contributed by atoms with Crippen LogP contribution in [0.2, 0.25) is 0 Å². The Morgan fingerprint density at radius 3 is 1.90 bits per heavy atom. The second-order valence-electron chi connectivity index (χ2n) is 11.4. The number of benzene rings is 1. The van der Waals surface area contributed by atoms with Gasteiger partial charge >= 0.3 is 5.97 Å². The van der Waals surface area contributed by atoms with Crippen LogP contribution in [0.4, 0.5) is 0 Å². The standard InChI is InChI=1S/C29H42O20/c1-42-12-5-11(6-13(43-2)18(12)35)3-4-17(34)46-26-20(37)15(8-31)48-29(26,10-33)49-28-24(41)22(39)25(16(9-32)45-28)47-27-23(40)21(38)19(36)14(7-30)44-27/h3-6,14-16,19-28,30-33,35-41H,7-10H2,1-2H3/t14-,15-,16-,19-,20-,21+,22-,23-,24-,25-,26+,27+,28-,29+/m1/s1. The summed E-state index contributed by atoms with van der Waals surface area (Å²) in [6, 6.07) is 2.74. The van der Waals surface area contributed by atoms with Gasteiger partial charge < -0.3 is 94.1 Å². The summed E-state index contributed by atoms with van der Waals surface area (Å²) in [5.41, 5.74) is 0.313. The van der Waals surface area contributed by atoms with Gasteiger partial charge in [0.2, 0.25) is 11.5 Å². The van der Waals surface area contributed by atoms with Crippen LogP contribution in [0.15, 0.2) is 18.2 Å². The number of hydrogen-bond donors (Lipinski definition) is 11. The number of phenols is 1. The fourth-order valence-corrected chi connectivity index (χ4v) is 5.60. The lowest BCUT2D eigenvalue weighted by Crippen LogP contribution is -2.66. The molecule has 3 heterocycles. The van der Waals surface area contributed by atoms with Gasteiger partial charge in [0.1, 0.15) is 67.6 Å².